The lowest BCUT2D eigenvalue weighted by Crippen LogP contribution is -2.47. The molecule has 2 aliphatic heterocycles. The Hall–Kier alpha value is -3.49. The molecule has 154 valence electrons. The van der Waals surface area contributed by atoms with Gasteiger partial charge in [-0.3, -0.25) is 4.79 Å². The molecule has 0 bridgehead atoms. The zero-order valence-corrected chi connectivity index (χ0v) is 17.3. The number of amides is 1. The second-order valence-electron chi connectivity index (χ2n) is 7.66. The minimum Gasteiger partial charge on any atom is -0.337 e. The number of thiophene rings is 1. The number of hydrazine groups is 1. The van der Waals surface area contributed by atoms with E-state index in [1.54, 1.807) is 22.4 Å². The monoisotopic (exact) mass is 429 g/mol. The zero-order chi connectivity index (χ0) is 20.8. The molecule has 2 unspecified atom stereocenters. The number of nitrogens with one attached hydrogen (secondary N) is 1. The van der Waals surface area contributed by atoms with Crippen LogP contribution in [-0.4, -0.2) is 32.0 Å². The van der Waals surface area contributed by atoms with E-state index < -0.39 is 0 Å². The van der Waals surface area contributed by atoms with Gasteiger partial charge in [0.05, 0.1) is 10.9 Å². The number of benzene rings is 2. The van der Waals surface area contributed by atoms with Gasteiger partial charge in [0.25, 0.3) is 5.91 Å². The summed E-state index contributed by atoms with van der Waals surface area (Å²) in [5, 5.41) is 10.3. The van der Waals surface area contributed by atoms with Crippen LogP contribution in [0, 0.1) is 0 Å². The van der Waals surface area contributed by atoms with Crippen molar-refractivity contribution >= 4 is 28.0 Å². The van der Waals surface area contributed by atoms with E-state index in [1.807, 2.05) is 34.8 Å². The van der Waals surface area contributed by atoms with Gasteiger partial charge in [-0.15, -0.1) is 11.3 Å². The van der Waals surface area contributed by atoms with Crippen LogP contribution in [0.4, 0.5) is 0 Å². The highest BCUT2D eigenvalue weighted by atomic mass is 32.1. The first-order chi connectivity index (χ1) is 15.3. The van der Waals surface area contributed by atoms with Crippen LogP contribution in [-0.2, 0) is 11.3 Å². The van der Waals surface area contributed by atoms with Crippen LogP contribution in [0.25, 0.3) is 21.5 Å². The standard InChI is InChI=1S/C23H19N5O2S/c29-23-19-13-18(17-8-3-6-15-5-1-2-7-16(15)17)25-28(19)11-10-27(23)14-21-24-22(26-30-21)20-9-4-12-31-20/h1-12,18-19,25H,13-14H2. The number of carbonyl (C=O) groups excluding carboxylic acids is 1. The molecule has 1 N–H and O–H groups in total. The Kier molecular flexibility index (Phi) is 4.33. The second kappa shape index (κ2) is 7.33. The van der Waals surface area contributed by atoms with Gasteiger partial charge in [-0.1, -0.05) is 53.7 Å². The number of aromatic nitrogens is 2. The van der Waals surface area contributed by atoms with Crippen LogP contribution < -0.4 is 5.43 Å². The van der Waals surface area contributed by atoms with Crippen molar-refractivity contribution in [2.24, 2.45) is 0 Å². The van der Waals surface area contributed by atoms with E-state index in [4.69, 9.17) is 4.52 Å². The van der Waals surface area contributed by atoms with Crippen LogP contribution in [0.15, 0.2) is 76.9 Å². The van der Waals surface area contributed by atoms with Crippen LogP contribution >= 0.6 is 11.3 Å². The smallest absolute Gasteiger partial charge is 0.251 e. The maximum absolute atomic E-state index is 13.2. The van der Waals surface area contributed by atoms with Crippen molar-refractivity contribution in [2.75, 3.05) is 0 Å². The van der Waals surface area contributed by atoms with Crippen LogP contribution in [0.1, 0.15) is 23.9 Å². The summed E-state index contributed by atoms with van der Waals surface area (Å²) in [6.45, 7) is 0.261. The van der Waals surface area contributed by atoms with Gasteiger partial charge < -0.3 is 14.4 Å². The van der Waals surface area contributed by atoms with E-state index in [0.717, 1.165) is 4.88 Å². The average Bonchev–Trinajstić information content (AvgIpc) is 3.56. The first-order valence-corrected chi connectivity index (χ1v) is 11.0. The van der Waals surface area contributed by atoms with E-state index in [-0.39, 0.29) is 24.5 Å². The number of hydrogen-bond donors (Lipinski definition) is 1. The Morgan fingerprint density at radius 1 is 1.10 bits per heavy atom. The Balaban J connectivity index is 1.21. The van der Waals surface area contributed by atoms with Crippen molar-refractivity contribution in [3.8, 4) is 10.7 Å². The van der Waals surface area contributed by atoms with Crippen molar-refractivity contribution in [1.82, 2.24) is 25.5 Å². The molecule has 8 heteroatoms. The van der Waals surface area contributed by atoms with Gasteiger partial charge >= 0.3 is 0 Å². The highest BCUT2D eigenvalue weighted by Gasteiger charge is 2.40. The van der Waals surface area contributed by atoms with E-state index in [1.165, 1.54) is 16.3 Å². The number of hydrogen-bond acceptors (Lipinski definition) is 7. The Morgan fingerprint density at radius 2 is 2.00 bits per heavy atom. The molecule has 31 heavy (non-hydrogen) atoms. The summed E-state index contributed by atoms with van der Waals surface area (Å²) in [6, 6.07) is 18.4. The molecule has 1 amide bonds. The number of fused-ring (bicyclic) bond motifs is 2. The molecule has 2 aromatic heterocycles. The van der Waals surface area contributed by atoms with Crippen LogP contribution in [0.2, 0.25) is 0 Å². The first kappa shape index (κ1) is 18.3. The van der Waals surface area contributed by atoms with E-state index in [9.17, 15) is 4.79 Å². The highest BCUT2D eigenvalue weighted by molar-refractivity contribution is 7.13. The minimum absolute atomic E-state index is 0.0219. The van der Waals surface area contributed by atoms with Gasteiger partial charge in [0.2, 0.25) is 11.7 Å². The molecule has 1 fully saturated rings. The van der Waals surface area contributed by atoms with Crippen molar-refractivity contribution < 1.29 is 9.32 Å². The molecule has 2 atom stereocenters. The third kappa shape index (κ3) is 3.20. The molecule has 0 saturated carbocycles. The lowest BCUT2D eigenvalue weighted by molar-refractivity contribution is -0.135. The Bertz CT molecular complexity index is 1280. The van der Waals surface area contributed by atoms with Gasteiger partial charge in [-0.05, 0) is 34.2 Å². The molecule has 7 nitrogen and oxygen atoms in total. The fourth-order valence-electron chi connectivity index (χ4n) is 4.30. The SMILES string of the molecule is O=C1C2CC(c3cccc4ccccc34)NN2C=CN1Cc1nc(-c2cccs2)no1. The molecule has 4 heterocycles. The summed E-state index contributed by atoms with van der Waals surface area (Å²) < 4.78 is 5.38. The molecule has 0 radical (unpaired) electrons. The van der Waals surface area contributed by atoms with E-state index >= 15 is 0 Å². The summed E-state index contributed by atoms with van der Waals surface area (Å²) in [5.41, 5.74) is 4.69. The zero-order valence-electron chi connectivity index (χ0n) is 16.5. The third-order valence-electron chi connectivity index (χ3n) is 5.79. The molecule has 0 spiro atoms. The van der Waals surface area contributed by atoms with Gasteiger partial charge in [-0.25, -0.2) is 5.43 Å². The van der Waals surface area contributed by atoms with E-state index in [2.05, 4.69) is 52.0 Å². The summed E-state index contributed by atoms with van der Waals surface area (Å²) in [4.78, 5) is 20.2. The van der Waals surface area contributed by atoms with Crippen LogP contribution in [0.5, 0.6) is 0 Å². The maximum atomic E-state index is 13.2. The summed E-state index contributed by atoms with van der Waals surface area (Å²) >= 11 is 1.55. The van der Waals surface area contributed by atoms with Crippen molar-refractivity contribution in [1.29, 1.82) is 0 Å². The molecular formula is C23H19N5O2S. The quantitative estimate of drug-likeness (QED) is 0.527. The average molecular weight is 430 g/mol. The van der Waals surface area contributed by atoms with Gasteiger partial charge in [0.1, 0.15) is 12.6 Å². The van der Waals surface area contributed by atoms with Gasteiger partial charge in [0.15, 0.2) is 0 Å². The topological polar surface area (TPSA) is 74.5 Å². The normalized spacial score (nSPS) is 20.6. The van der Waals surface area contributed by atoms with E-state index in [0.29, 0.717) is 18.1 Å². The van der Waals surface area contributed by atoms with Crippen molar-refractivity contribution in [2.45, 2.75) is 25.0 Å². The third-order valence-corrected chi connectivity index (χ3v) is 6.65. The fourth-order valence-corrected chi connectivity index (χ4v) is 4.94. The fraction of sp³-hybridized carbons (Fsp3) is 0.174. The van der Waals surface area contributed by atoms with Gasteiger partial charge in [0, 0.05) is 12.4 Å². The molecule has 0 aliphatic carbocycles. The Morgan fingerprint density at radius 3 is 2.90 bits per heavy atom. The summed E-state index contributed by atoms with van der Waals surface area (Å²) in [7, 11) is 0. The predicted octanol–water partition coefficient (Wildman–Crippen LogP) is 4.08. The molecule has 2 aliphatic rings. The molecule has 4 aromatic rings. The molecule has 6 rings (SSSR count). The largest absolute Gasteiger partial charge is 0.337 e. The lowest BCUT2D eigenvalue weighted by Gasteiger charge is -2.30. The van der Waals surface area contributed by atoms with Crippen molar-refractivity contribution in [3.63, 3.8) is 0 Å². The highest BCUT2D eigenvalue weighted by Crippen LogP contribution is 2.34. The molecule has 1 saturated heterocycles. The van der Waals surface area contributed by atoms with Crippen LogP contribution in [0.3, 0.4) is 0 Å². The number of rotatable bonds is 4. The summed E-state index contributed by atoms with van der Waals surface area (Å²) in [5.74, 6) is 0.999. The Labute approximate surface area is 182 Å². The number of carbonyl (C=O) groups is 1. The maximum Gasteiger partial charge on any atom is 0.251 e. The molecular weight excluding hydrogens is 410 g/mol. The van der Waals surface area contributed by atoms with Gasteiger partial charge in [-0.2, -0.15) is 4.98 Å². The number of nitrogens with zero attached hydrogens (tertiary/aromatic N) is 4. The molecule has 2 aromatic carbocycles. The second-order valence-corrected chi connectivity index (χ2v) is 8.61. The minimum atomic E-state index is -0.270. The first-order valence-electron chi connectivity index (χ1n) is 10.1. The lowest BCUT2D eigenvalue weighted by atomic mass is 9.95. The summed E-state index contributed by atoms with van der Waals surface area (Å²) in [6.07, 6.45) is 4.37. The predicted molar refractivity (Wildman–Crippen MR) is 117 cm³/mol. The van der Waals surface area contributed by atoms with Crippen molar-refractivity contribution in [3.05, 3.63) is 83.8 Å².